The summed E-state index contributed by atoms with van der Waals surface area (Å²) < 4.78 is 10.8. The highest BCUT2D eigenvalue weighted by molar-refractivity contribution is 5.92. The van der Waals surface area contributed by atoms with Gasteiger partial charge in [-0.3, -0.25) is 9.78 Å². The first kappa shape index (κ1) is 14.9. The Bertz CT molecular complexity index is 776. The summed E-state index contributed by atoms with van der Waals surface area (Å²) in [5.74, 6) is 0.725. The molecule has 6 heteroatoms. The van der Waals surface area contributed by atoms with Crippen LogP contribution in [0.15, 0.2) is 24.4 Å². The van der Waals surface area contributed by atoms with Crippen molar-refractivity contribution in [2.45, 2.75) is 32.2 Å². The van der Waals surface area contributed by atoms with Gasteiger partial charge in [0, 0.05) is 6.20 Å². The highest BCUT2D eigenvalue weighted by atomic mass is 16.6. The van der Waals surface area contributed by atoms with Crippen LogP contribution in [0.25, 0.3) is 0 Å². The molecule has 1 amide bonds. The fourth-order valence-electron chi connectivity index (χ4n) is 3.20. The SMILES string of the molecule is O=C(NCc1nccc2c1CCCC2)c1ccc2c(n1)OCCO2. The van der Waals surface area contributed by atoms with Gasteiger partial charge in [0.05, 0.1) is 12.2 Å². The number of aromatic nitrogens is 2. The van der Waals surface area contributed by atoms with E-state index in [0.717, 1.165) is 18.5 Å². The molecule has 0 spiro atoms. The molecule has 0 bridgehead atoms. The summed E-state index contributed by atoms with van der Waals surface area (Å²) >= 11 is 0. The smallest absolute Gasteiger partial charge is 0.270 e. The van der Waals surface area contributed by atoms with Crippen LogP contribution in [-0.4, -0.2) is 29.1 Å². The van der Waals surface area contributed by atoms with Gasteiger partial charge in [-0.25, -0.2) is 4.98 Å². The number of nitrogens with one attached hydrogen (secondary N) is 1. The van der Waals surface area contributed by atoms with Crippen molar-refractivity contribution < 1.29 is 14.3 Å². The van der Waals surface area contributed by atoms with Gasteiger partial charge in [0.1, 0.15) is 18.9 Å². The molecule has 2 aliphatic rings. The average molecular weight is 325 g/mol. The predicted octanol–water partition coefficient (Wildman–Crippen LogP) is 2.06. The first-order valence-electron chi connectivity index (χ1n) is 8.32. The molecule has 124 valence electrons. The molecule has 4 rings (SSSR count). The van der Waals surface area contributed by atoms with Crippen molar-refractivity contribution in [3.8, 4) is 11.6 Å². The second kappa shape index (κ2) is 6.47. The van der Waals surface area contributed by atoms with E-state index in [1.54, 1.807) is 12.1 Å². The van der Waals surface area contributed by atoms with Gasteiger partial charge in [0.2, 0.25) is 0 Å². The fraction of sp³-hybridized carbons (Fsp3) is 0.389. The van der Waals surface area contributed by atoms with Gasteiger partial charge in [-0.15, -0.1) is 0 Å². The van der Waals surface area contributed by atoms with E-state index < -0.39 is 0 Å². The number of amides is 1. The number of nitrogens with zero attached hydrogens (tertiary/aromatic N) is 2. The number of carbonyl (C=O) groups is 1. The van der Waals surface area contributed by atoms with Gasteiger partial charge in [-0.05, 0) is 55.0 Å². The number of fused-ring (bicyclic) bond motifs is 2. The molecule has 3 heterocycles. The van der Waals surface area contributed by atoms with Crippen LogP contribution < -0.4 is 14.8 Å². The standard InChI is InChI=1S/C18H19N3O3/c22-17(14-5-6-16-18(21-14)24-10-9-23-16)20-11-15-13-4-2-1-3-12(13)7-8-19-15/h5-8H,1-4,9-11H2,(H,20,22). The number of hydrogen-bond donors (Lipinski definition) is 1. The lowest BCUT2D eigenvalue weighted by atomic mass is 9.91. The van der Waals surface area contributed by atoms with Gasteiger partial charge in [0.25, 0.3) is 11.8 Å². The molecule has 2 aromatic rings. The van der Waals surface area contributed by atoms with E-state index in [1.807, 2.05) is 6.20 Å². The zero-order valence-electron chi connectivity index (χ0n) is 13.4. The molecule has 24 heavy (non-hydrogen) atoms. The molecule has 0 saturated heterocycles. The van der Waals surface area contributed by atoms with E-state index >= 15 is 0 Å². The number of carbonyl (C=O) groups excluding carboxylic acids is 1. The van der Waals surface area contributed by atoms with Crippen LogP contribution in [0.1, 0.15) is 40.2 Å². The van der Waals surface area contributed by atoms with Crippen LogP contribution in [0, 0.1) is 0 Å². The number of pyridine rings is 2. The zero-order chi connectivity index (χ0) is 16.4. The monoisotopic (exact) mass is 325 g/mol. The number of aryl methyl sites for hydroxylation is 1. The van der Waals surface area contributed by atoms with Crippen molar-refractivity contribution in [1.29, 1.82) is 0 Å². The largest absolute Gasteiger partial charge is 0.484 e. The lowest BCUT2D eigenvalue weighted by Gasteiger charge is -2.19. The van der Waals surface area contributed by atoms with Crippen molar-refractivity contribution in [2.75, 3.05) is 13.2 Å². The van der Waals surface area contributed by atoms with Crippen molar-refractivity contribution >= 4 is 5.91 Å². The van der Waals surface area contributed by atoms with Crippen molar-refractivity contribution in [1.82, 2.24) is 15.3 Å². The van der Waals surface area contributed by atoms with Crippen LogP contribution >= 0.6 is 0 Å². The Morgan fingerprint density at radius 3 is 2.96 bits per heavy atom. The minimum absolute atomic E-state index is 0.234. The van der Waals surface area contributed by atoms with Crippen LogP contribution in [0.5, 0.6) is 11.6 Å². The molecule has 1 aliphatic carbocycles. The van der Waals surface area contributed by atoms with E-state index in [1.165, 1.54) is 24.0 Å². The van der Waals surface area contributed by atoms with Crippen LogP contribution in [0.3, 0.4) is 0 Å². The topological polar surface area (TPSA) is 73.3 Å². The summed E-state index contributed by atoms with van der Waals surface area (Å²) in [7, 11) is 0. The molecule has 1 N–H and O–H groups in total. The van der Waals surface area contributed by atoms with Gasteiger partial charge in [-0.2, -0.15) is 0 Å². The second-order valence-corrected chi connectivity index (χ2v) is 5.98. The molecular weight excluding hydrogens is 306 g/mol. The Kier molecular flexibility index (Phi) is 4.02. The number of hydrogen-bond acceptors (Lipinski definition) is 5. The molecule has 1 aliphatic heterocycles. The number of ether oxygens (including phenoxy) is 2. The van der Waals surface area contributed by atoms with Gasteiger partial charge in [0.15, 0.2) is 5.75 Å². The minimum atomic E-state index is -0.234. The molecule has 0 fully saturated rings. The van der Waals surface area contributed by atoms with Crippen LogP contribution in [0.2, 0.25) is 0 Å². The quantitative estimate of drug-likeness (QED) is 0.935. The third kappa shape index (κ3) is 2.91. The summed E-state index contributed by atoms with van der Waals surface area (Å²) in [6.45, 7) is 1.37. The van der Waals surface area contributed by atoms with Crippen molar-refractivity contribution in [3.63, 3.8) is 0 Å². The lowest BCUT2D eigenvalue weighted by molar-refractivity contribution is 0.0942. The van der Waals surface area contributed by atoms with Gasteiger partial charge >= 0.3 is 0 Å². The second-order valence-electron chi connectivity index (χ2n) is 5.98. The van der Waals surface area contributed by atoms with E-state index in [9.17, 15) is 4.79 Å². The van der Waals surface area contributed by atoms with Crippen molar-refractivity contribution in [3.05, 3.63) is 46.9 Å². The summed E-state index contributed by atoms with van der Waals surface area (Å²) in [6, 6.07) is 5.46. The first-order chi connectivity index (χ1) is 11.8. The molecule has 0 saturated carbocycles. The normalized spacial score (nSPS) is 15.5. The maximum absolute atomic E-state index is 12.4. The first-order valence-corrected chi connectivity index (χ1v) is 8.32. The number of rotatable bonds is 3. The summed E-state index contributed by atoms with van der Waals surface area (Å²) in [6.07, 6.45) is 6.38. The van der Waals surface area contributed by atoms with E-state index in [0.29, 0.717) is 37.1 Å². The Labute approximate surface area is 140 Å². The predicted molar refractivity (Wildman–Crippen MR) is 87.3 cm³/mol. The summed E-state index contributed by atoms with van der Waals surface area (Å²) in [5.41, 5.74) is 3.93. The lowest BCUT2D eigenvalue weighted by Crippen LogP contribution is -2.26. The summed E-state index contributed by atoms with van der Waals surface area (Å²) in [5, 5.41) is 2.91. The molecule has 6 nitrogen and oxygen atoms in total. The highest BCUT2D eigenvalue weighted by Crippen LogP contribution is 2.27. The Morgan fingerprint density at radius 2 is 2.00 bits per heavy atom. The van der Waals surface area contributed by atoms with E-state index in [4.69, 9.17) is 9.47 Å². The Morgan fingerprint density at radius 1 is 1.12 bits per heavy atom. The van der Waals surface area contributed by atoms with E-state index in [-0.39, 0.29) is 5.91 Å². The molecule has 0 unspecified atom stereocenters. The Balaban J connectivity index is 1.47. The fourth-order valence-corrected chi connectivity index (χ4v) is 3.20. The van der Waals surface area contributed by atoms with Crippen LogP contribution in [0.4, 0.5) is 0 Å². The Hall–Kier alpha value is -2.63. The third-order valence-corrected chi connectivity index (χ3v) is 4.42. The average Bonchev–Trinajstić information content (AvgIpc) is 2.65. The molecule has 0 radical (unpaired) electrons. The molecular formula is C18H19N3O3. The zero-order valence-corrected chi connectivity index (χ0v) is 13.4. The molecule has 0 aromatic carbocycles. The minimum Gasteiger partial charge on any atom is -0.484 e. The summed E-state index contributed by atoms with van der Waals surface area (Å²) in [4.78, 5) is 21.1. The highest BCUT2D eigenvalue weighted by Gasteiger charge is 2.18. The van der Waals surface area contributed by atoms with Crippen LogP contribution in [-0.2, 0) is 19.4 Å². The molecule has 0 atom stereocenters. The maximum Gasteiger partial charge on any atom is 0.270 e. The van der Waals surface area contributed by atoms with Crippen molar-refractivity contribution in [2.24, 2.45) is 0 Å². The van der Waals surface area contributed by atoms with E-state index in [2.05, 4.69) is 21.4 Å². The molecule has 2 aromatic heterocycles. The third-order valence-electron chi connectivity index (χ3n) is 4.42. The van der Waals surface area contributed by atoms with Gasteiger partial charge in [-0.1, -0.05) is 0 Å². The van der Waals surface area contributed by atoms with Gasteiger partial charge < -0.3 is 14.8 Å². The maximum atomic E-state index is 12.4.